The molecule has 4 nitrogen and oxygen atoms in total. The van der Waals surface area contributed by atoms with Crippen LogP contribution in [-0.2, 0) is 14.3 Å². The van der Waals surface area contributed by atoms with E-state index in [4.69, 9.17) is 9.47 Å². The number of thioether (sulfide) groups is 1. The van der Waals surface area contributed by atoms with E-state index >= 15 is 0 Å². The maximum Gasteiger partial charge on any atom is 0.222 e. The fraction of sp³-hybridized carbons (Fsp3) is 0.917. The summed E-state index contributed by atoms with van der Waals surface area (Å²) in [5.41, 5.74) is 0. The highest BCUT2D eigenvalue weighted by Gasteiger charge is 2.18. The first kappa shape index (κ1) is 16.1. The number of amides is 1. The summed E-state index contributed by atoms with van der Waals surface area (Å²) in [6, 6.07) is 0. The molecule has 1 aliphatic rings. The quantitative estimate of drug-likeness (QED) is 0.460. The largest absolute Gasteiger partial charge is 0.378 e. The zero-order valence-corrected chi connectivity index (χ0v) is 12.5. The van der Waals surface area contributed by atoms with E-state index in [1.54, 1.807) is 0 Å². The molecule has 0 aromatic carbocycles. The second-order valence-corrected chi connectivity index (χ2v) is 5.72. The van der Waals surface area contributed by atoms with Gasteiger partial charge in [-0.05, 0) is 6.42 Å². The van der Waals surface area contributed by atoms with Crippen molar-refractivity contribution in [2.75, 3.05) is 56.8 Å². The molecule has 18 heavy (non-hydrogen) atoms. The summed E-state index contributed by atoms with van der Waals surface area (Å²) in [5.74, 6) is 3.05. The molecule has 1 rings (SSSR count). The minimum absolute atomic E-state index is 0.313. The molecule has 6 heteroatoms. The molecular weight excluding hydrogens is 270 g/mol. The van der Waals surface area contributed by atoms with Gasteiger partial charge in [-0.15, -0.1) is 0 Å². The summed E-state index contributed by atoms with van der Waals surface area (Å²) in [6.07, 6.45) is 1.76. The second-order valence-electron chi connectivity index (χ2n) is 4.05. The second kappa shape index (κ2) is 11.0. The zero-order chi connectivity index (χ0) is 13.1. The molecule has 1 fully saturated rings. The van der Waals surface area contributed by atoms with Gasteiger partial charge in [-0.25, -0.2) is 0 Å². The topological polar surface area (TPSA) is 38.8 Å². The molecule has 1 heterocycles. The Morgan fingerprint density at radius 1 is 1.17 bits per heavy atom. The van der Waals surface area contributed by atoms with Crippen molar-refractivity contribution in [3.05, 3.63) is 0 Å². The molecule has 1 saturated heterocycles. The van der Waals surface area contributed by atoms with Crippen LogP contribution in [0.5, 0.6) is 0 Å². The molecule has 0 aromatic rings. The van der Waals surface area contributed by atoms with Crippen LogP contribution in [0, 0.1) is 0 Å². The summed E-state index contributed by atoms with van der Waals surface area (Å²) >= 11 is 5.89. The predicted octanol–water partition coefficient (Wildman–Crippen LogP) is 1.31. The van der Waals surface area contributed by atoms with Gasteiger partial charge in [0.15, 0.2) is 0 Å². The van der Waals surface area contributed by atoms with Crippen LogP contribution in [0.1, 0.15) is 12.8 Å². The lowest BCUT2D eigenvalue weighted by Gasteiger charge is -2.14. The van der Waals surface area contributed by atoms with Gasteiger partial charge in [-0.3, -0.25) is 4.79 Å². The van der Waals surface area contributed by atoms with Gasteiger partial charge >= 0.3 is 0 Å². The highest BCUT2D eigenvalue weighted by Crippen LogP contribution is 2.10. The van der Waals surface area contributed by atoms with Crippen LogP contribution in [-0.4, -0.2) is 67.6 Å². The third-order valence-electron chi connectivity index (χ3n) is 2.66. The summed E-state index contributed by atoms with van der Waals surface area (Å²) in [6.45, 7) is 4.56. The van der Waals surface area contributed by atoms with Crippen molar-refractivity contribution < 1.29 is 14.3 Å². The van der Waals surface area contributed by atoms with Crippen LogP contribution in [0.15, 0.2) is 0 Å². The van der Waals surface area contributed by atoms with Gasteiger partial charge in [-0.1, -0.05) is 0 Å². The third kappa shape index (κ3) is 7.51. The Kier molecular flexibility index (Phi) is 9.83. The van der Waals surface area contributed by atoms with E-state index in [-0.39, 0.29) is 0 Å². The fourth-order valence-corrected chi connectivity index (χ4v) is 2.64. The SMILES string of the molecule is O=C1CCCN1CCSCCOCCOCCS. The van der Waals surface area contributed by atoms with E-state index in [2.05, 4.69) is 12.6 Å². The third-order valence-corrected chi connectivity index (χ3v) is 3.77. The molecule has 0 bridgehead atoms. The molecule has 1 aliphatic heterocycles. The number of nitrogens with zero attached hydrogens (tertiary/aromatic N) is 1. The Hall–Kier alpha value is 0.0900. The summed E-state index contributed by atoms with van der Waals surface area (Å²) in [5, 5.41) is 0. The smallest absolute Gasteiger partial charge is 0.222 e. The van der Waals surface area contributed by atoms with Gasteiger partial charge < -0.3 is 14.4 Å². The van der Waals surface area contributed by atoms with E-state index in [0.717, 1.165) is 49.8 Å². The molecule has 0 unspecified atom stereocenters. The van der Waals surface area contributed by atoms with Crippen LogP contribution in [0.2, 0.25) is 0 Å². The molecule has 0 aliphatic carbocycles. The molecule has 0 saturated carbocycles. The van der Waals surface area contributed by atoms with Crippen LogP contribution in [0.3, 0.4) is 0 Å². The number of carbonyl (C=O) groups excluding carboxylic acids is 1. The summed E-state index contributed by atoms with van der Waals surface area (Å²) in [4.78, 5) is 13.3. The lowest BCUT2D eigenvalue weighted by molar-refractivity contribution is -0.127. The van der Waals surface area contributed by atoms with Crippen molar-refractivity contribution in [3.63, 3.8) is 0 Å². The van der Waals surface area contributed by atoms with Gasteiger partial charge in [-0.2, -0.15) is 24.4 Å². The van der Waals surface area contributed by atoms with E-state index in [9.17, 15) is 4.79 Å². The number of hydrogen-bond donors (Lipinski definition) is 1. The van der Waals surface area contributed by atoms with Crippen molar-refractivity contribution >= 4 is 30.3 Å². The minimum Gasteiger partial charge on any atom is -0.378 e. The maximum absolute atomic E-state index is 11.3. The van der Waals surface area contributed by atoms with Crippen LogP contribution >= 0.6 is 24.4 Å². The normalized spacial score (nSPS) is 15.6. The fourth-order valence-electron chi connectivity index (χ4n) is 1.72. The van der Waals surface area contributed by atoms with Crippen LogP contribution in [0.25, 0.3) is 0 Å². The Labute approximate surface area is 119 Å². The molecule has 0 atom stereocenters. The Balaban J connectivity index is 1.77. The van der Waals surface area contributed by atoms with E-state index < -0.39 is 0 Å². The first-order chi connectivity index (χ1) is 8.84. The first-order valence-electron chi connectivity index (χ1n) is 6.46. The molecular formula is C12H23NO3S2. The van der Waals surface area contributed by atoms with Crippen molar-refractivity contribution in [2.24, 2.45) is 0 Å². The van der Waals surface area contributed by atoms with Crippen molar-refractivity contribution in [1.82, 2.24) is 4.90 Å². The predicted molar refractivity (Wildman–Crippen MR) is 78.6 cm³/mol. The maximum atomic E-state index is 11.3. The monoisotopic (exact) mass is 293 g/mol. The summed E-state index contributed by atoms with van der Waals surface area (Å²) in [7, 11) is 0. The number of ether oxygens (including phenoxy) is 2. The Bertz CT molecular complexity index is 229. The average Bonchev–Trinajstić information content (AvgIpc) is 2.77. The highest BCUT2D eigenvalue weighted by atomic mass is 32.2. The van der Waals surface area contributed by atoms with Crippen molar-refractivity contribution in [3.8, 4) is 0 Å². The summed E-state index contributed by atoms with van der Waals surface area (Å²) < 4.78 is 10.7. The molecule has 1 amide bonds. The number of hydrogen-bond acceptors (Lipinski definition) is 5. The molecule has 0 spiro atoms. The Morgan fingerprint density at radius 2 is 1.94 bits per heavy atom. The van der Waals surface area contributed by atoms with E-state index in [1.165, 1.54) is 0 Å². The number of thiol groups is 1. The lowest BCUT2D eigenvalue weighted by atomic mass is 10.4. The molecule has 0 N–H and O–H groups in total. The first-order valence-corrected chi connectivity index (χ1v) is 8.25. The number of likely N-dealkylation sites (tertiary alicyclic amines) is 1. The van der Waals surface area contributed by atoms with Crippen molar-refractivity contribution in [1.29, 1.82) is 0 Å². The standard InChI is InChI=1S/C12H23NO3S2/c14-12-2-1-3-13(12)4-10-18-11-8-16-6-5-15-7-9-17/h17H,1-11H2. The molecule has 0 aromatic heterocycles. The highest BCUT2D eigenvalue weighted by molar-refractivity contribution is 7.99. The minimum atomic E-state index is 0.313. The molecule has 0 radical (unpaired) electrons. The Morgan fingerprint density at radius 3 is 2.61 bits per heavy atom. The number of carbonyl (C=O) groups is 1. The van der Waals surface area contributed by atoms with Gasteiger partial charge in [0.2, 0.25) is 5.91 Å². The van der Waals surface area contributed by atoms with E-state index in [1.807, 2.05) is 16.7 Å². The number of rotatable bonds is 11. The van der Waals surface area contributed by atoms with Crippen LogP contribution in [0.4, 0.5) is 0 Å². The van der Waals surface area contributed by atoms with E-state index in [0.29, 0.717) is 25.7 Å². The van der Waals surface area contributed by atoms with Crippen LogP contribution < -0.4 is 0 Å². The zero-order valence-electron chi connectivity index (χ0n) is 10.8. The average molecular weight is 293 g/mol. The van der Waals surface area contributed by atoms with Gasteiger partial charge in [0.25, 0.3) is 0 Å². The lowest BCUT2D eigenvalue weighted by Crippen LogP contribution is -2.27. The van der Waals surface area contributed by atoms with Gasteiger partial charge in [0.1, 0.15) is 0 Å². The van der Waals surface area contributed by atoms with Gasteiger partial charge in [0, 0.05) is 36.8 Å². The van der Waals surface area contributed by atoms with Gasteiger partial charge in [0.05, 0.1) is 26.4 Å². The van der Waals surface area contributed by atoms with Crippen molar-refractivity contribution in [2.45, 2.75) is 12.8 Å². The molecule has 106 valence electrons.